The van der Waals surface area contributed by atoms with Crippen molar-refractivity contribution in [3.05, 3.63) is 54.6 Å². The van der Waals surface area contributed by atoms with Crippen molar-refractivity contribution in [1.82, 2.24) is 0 Å². The van der Waals surface area contributed by atoms with Crippen molar-refractivity contribution in [3.63, 3.8) is 0 Å². The van der Waals surface area contributed by atoms with Gasteiger partial charge in [0.25, 0.3) is 0 Å². The maximum atomic E-state index is 6.16. The van der Waals surface area contributed by atoms with E-state index >= 15 is 0 Å². The molecule has 0 aliphatic heterocycles. The molecule has 0 bridgehead atoms. The van der Waals surface area contributed by atoms with Gasteiger partial charge >= 0.3 is 0 Å². The molecule has 0 amide bonds. The number of allylic oxidation sites excluding steroid dienone is 1. The fourth-order valence-electron chi connectivity index (χ4n) is 2.06. The number of ether oxygens (including phenoxy) is 1. The Kier molecular flexibility index (Phi) is 4.00. The van der Waals surface area contributed by atoms with E-state index in [1.165, 1.54) is 16.3 Å². The van der Waals surface area contributed by atoms with Gasteiger partial charge in [-0.15, -0.1) is 6.58 Å². The van der Waals surface area contributed by atoms with E-state index in [2.05, 4.69) is 30.8 Å². The SMILES string of the molecule is C=CCC[C@@H](N)c1ccc2cc(OC)ccc2c1. The lowest BCUT2D eigenvalue weighted by Gasteiger charge is -2.12. The van der Waals surface area contributed by atoms with Crippen LogP contribution in [0.1, 0.15) is 24.4 Å². The van der Waals surface area contributed by atoms with E-state index < -0.39 is 0 Å². The highest BCUT2D eigenvalue weighted by Gasteiger charge is 2.06. The molecular weight excluding hydrogens is 222 g/mol. The van der Waals surface area contributed by atoms with Crippen LogP contribution in [0.2, 0.25) is 0 Å². The van der Waals surface area contributed by atoms with Crippen molar-refractivity contribution in [2.45, 2.75) is 18.9 Å². The van der Waals surface area contributed by atoms with E-state index in [4.69, 9.17) is 10.5 Å². The van der Waals surface area contributed by atoms with Gasteiger partial charge in [-0.05, 0) is 47.4 Å². The smallest absolute Gasteiger partial charge is 0.119 e. The van der Waals surface area contributed by atoms with Gasteiger partial charge in [-0.3, -0.25) is 0 Å². The molecule has 0 aliphatic carbocycles. The Balaban J connectivity index is 2.29. The number of rotatable bonds is 5. The molecule has 0 spiro atoms. The summed E-state index contributed by atoms with van der Waals surface area (Å²) in [6.07, 6.45) is 3.79. The lowest BCUT2D eigenvalue weighted by Crippen LogP contribution is -2.09. The maximum absolute atomic E-state index is 6.16. The van der Waals surface area contributed by atoms with Crippen molar-refractivity contribution in [3.8, 4) is 5.75 Å². The monoisotopic (exact) mass is 241 g/mol. The molecule has 2 aromatic rings. The van der Waals surface area contributed by atoms with E-state index in [-0.39, 0.29) is 6.04 Å². The van der Waals surface area contributed by atoms with Crippen molar-refractivity contribution in [1.29, 1.82) is 0 Å². The van der Waals surface area contributed by atoms with E-state index in [1.54, 1.807) is 7.11 Å². The Labute approximate surface area is 108 Å². The van der Waals surface area contributed by atoms with E-state index in [0.717, 1.165) is 18.6 Å². The van der Waals surface area contributed by atoms with Crippen LogP contribution in [-0.4, -0.2) is 7.11 Å². The van der Waals surface area contributed by atoms with Crippen LogP contribution < -0.4 is 10.5 Å². The number of hydrogen-bond donors (Lipinski definition) is 1. The molecule has 0 radical (unpaired) electrons. The van der Waals surface area contributed by atoms with E-state index in [9.17, 15) is 0 Å². The van der Waals surface area contributed by atoms with Crippen LogP contribution in [0.5, 0.6) is 5.75 Å². The molecule has 2 rings (SSSR count). The highest BCUT2D eigenvalue weighted by Crippen LogP contribution is 2.25. The van der Waals surface area contributed by atoms with Crippen molar-refractivity contribution < 1.29 is 4.74 Å². The van der Waals surface area contributed by atoms with Crippen molar-refractivity contribution >= 4 is 10.8 Å². The standard InChI is InChI=1S/C16H19NO/c1-3-4-5-16(17)14-7-6-13-11-15(18-2)9-8-12(13)10-14/h3,6-11,16H,1,4-5,17H2,2H3/t16-/m1/s1. The first-order valence-electron chi connectivity index (χ1n) is 6.19. The summed E-state index contributed by atoms with van der Waals surface area (Å²) >= 11 is 0. The highest BCUT2D eigenvalue weighted by atomic mass is 16.5. The number of nitrogens with two attached hydrogens (primary N) is 1. The largest absolute Gasteiger partial charge is 0.497 e. The fourth-order valence-corrected chi connectivity index (χ4v) is 2.06. The van der Waals surface area contributed by atoms with Gasteiger partial charge in [-0.1, -0.05) is 24.3 Å². The van der Waals surface area contributed by atoms with Crippen LogP contribution >= 0.6 is 0 Å². The molecule has 0 unspecified atom stereocenters. The van der Waals surface area contributed by atoms with Gasteiger partial charge in [0.2, 0.25) is 0 Å². The molecule has 18 heavy (non-hydrogen) atoms. The van der Waals surface area contributed by atoms with E-state index in [0.29, 0.717) is 0 Å². The second-order valence-corrected chi connectivity index (χ2v) is 4.45. The first-order valence-corrected chi connectivity index (χ1v) is 6.19. The zero-order valence-electron chi connectivity index (χ0n) is 10.7. The third-order valence-electron chi connectivity index (χ3n) is 3.18. The average molecular weight is 241 g/mol. The molecule has 0 saturated carbocycles. The molecule has 2 N–H and O–H groups in total. The molecule has 0 fully saturated rings. The maximum Gasteiger partial charge on any atom is 0.119 e. The quantitative estimate of drug-likeness (QED) is 0.808. The minimum atomic E-state index is 0.0782. The number of benzene rings is 2. The molecule has 0 heterocycles. The zero-order chi connectivity index (χ0) is 13.0. The first kappa shape index (κ1) is 12.7. The second kappa shape index (κ2) is 5.69. The van der Waals surface area contributed by atoms with Crippen molar-refractivity contribution in [2.75, 3.05) is 7.11 Å². The van der Waals surface area contributed by atoms with Gasteiger partial charge in [-0.2, -0.15) is 0 Å². The van der Waals surface area contributed by atoms with Gasteiger partial charge in [-0.25, -0.2) is 0 Å². The fraction of sp³-hybridized carbons (Fsp3) is 0.250. The van der Waals surface area contributed by atoms with Crippen LogP contribution in [0.3, 0.4) is 0 Å². The molecule has 0 aromatic heterocycles. The predicted octanol–water partition coefficient (Wildman–Crippen LogP) is 3.81. The number of fused-ring (bicyclic) bond motifs is 1. The molecule has 2 heteroatoms. The molecule has 0 saturated heterocycles. The first-order chi connectivity index (χ1) is 8.74. The third kappa shape index (κ3) is 2.71. The lowest BCUT2D eigenvalue weighted by molar-refractivity contribution is 0.415. The summed E-state index contributed by atoms with van der Waals surface area (Å²) in [6, 6.07) is 12.5. The van der Waals surface area contributed by atoms with Gasteiger partial charge < -0.3 is 10.5 Å². The highest BCUT2D eigenvalue weighted by molar-refractivity contribution is 5.84. The molecule has 94 valence electrons. The summed E-state index contributed by atoms with van der Waals surface area (Å²) in [5.41, 5.74) is 7.33. The van der Waals surface area contributed by atoms with Crippen LogP contribution in [0, 0.1) is 0 Å². The summed E-state index contributed by atoms with van der Waals surface area (Å²) in [5, 5.41) is 2.37. The normalized spacial score (nSPS) is 12.3. The summed E-state index contributed by atoms with van der Waals surface area (Å²) < 4.78 is 5.22. The van der Waals surface area contributed by atoms with Crippen LogP contribution in [0.4, 0.5) is 0 Å². The van der Waals surface area contributed by atoms with Gasteiger partial charge in [0.1, 0.15) is 5.75 Å². The van der Waals surface area contributed by atoms with Gasteiger partial charge in [0.05, 0.1) is 7.11 Å². The number of methoxy groups -OCH3 is 1. The Morgan fingerprint density at radius 3 is 2.67 bits per heavy atom. The topological polar surface area (TPSA) is 35.2 Å². The molecule has 0 aliphatic rings. The Hall–Kier alpha value is -1.80. The summed E-state index contributed by atoms with van der Waals surface area (Å²) in [5.74, 6) is 0.881. The van der Waals surface area contributed by atoms with Crippen LogP contribution in [0.15, 0.2) is 49.1 Å². The average Bonchev–Trinajstić information content (AvgIpc) is 2.43. The Morgan fingerprint density at radius 2 is 1.94 bits per heavy atom. The minimum absolute atomic E-state index is 0.0782. The second-order valence-electron chi connectivity index (χ2n) is 4.45. The number of hydrogen-bond acceptors (Lipinski definition) is 2. The molecule has 2 aromatic carbocycles. The summed E-state index contributed by atoms with van der Waals surface area (Å²) in [4.78, 5) is 0. The third-order valence-corrected chi connectivity index (χ3v) is 3.18. The van der Waals surface area contributed by atoms with Gasteiger partial charge in [0, 0.05) is 6.04 Å². The molecule has 2 nitrogen and oxygen atoms in total. The van der Waals surface area contributed by atoms with E-state index in [1.807, 2.05) is 18.2 Å². The molecule has 1 atom stereocenters. The van der Waals surface area contributed by atoms with Crippen LogP contribution in [0.25, 0.3) is 10.8 Å². The van der Waals surface area contributed by atoms with Gasteiger partial charge in [0.15, 0.2) is 0 Å². The molecular formula is C16H19NO. The lowest BCUT2D eigenvalue weighted by atomic mass is 9.99. The Bertz CT molecular complexity index is 548. The summed E-state index contributed by atoms with van der Waals surface area (Å²) in [7, 11) is 1.68. The van der Waals surface area contributed by atoms with Crippen LogP contribution in [-0.2, 0) is 0 Å². The van der Waals surface area contributed by atoms with Crippen molar-refractivity contribution in [2.24, 2.45) is 5.73 Å². The zero-order valence-corrected chi connectivity index (χ0v) is 10.7. The minimum Gasteiger partial charge on any atom is -0.497 e. The summed E-state index contributed by atoms with van der Waals surface area (Å²) in [6.45, 7) is 3.73. The Morgan fingerprint density at radius 1 is 1.22 bits per heavy atom. The predicted molar refractivity (Wildman–Crippen MR) is 76.9 cm³/mol.